The van der Waals surface area contributed by atoms with Crippen LogP contribution in [0, 0.1) is 17.6 Å². The largest absolute Gasteiger partial charge is 0.494 e. The molecule has 0 aromatic heterocycles. The van der Waals surface area contributed by atoms with E-state index in [-0.39, 0.29) is 47.9 Å². The summed E-state index contributed by atoms with van der Waals surface area (Å²) < 4.78 is 35.4. The maximum Gasteiger partial charge on any atom is 0.320 e. The van der Waals surface area contributed by atoms with Crippen molar-refractivity contribution in [1.29, 1.82) is 0 Å². The Balaban J connectivity index is 1.63. The van der Waals surface area contributed by atoms with Crippen LogP contribution in [0.1, 0.15) is 36.1 Å². The van der Waals surface area contributed by atoms with Gasteiger partial charge in [0.05, 0.1) is 21.1 Å². The van der Waals surface area contributed by atoms with Gasteiger partial charge in [-0.15, -0.1) is 0 Å². The van der Waals surface area contributed by atoms with E-state index < -0.39 is 31.7 Å². The molecule has 2 aliphatic heterocycles. The molecular formula is C28H34F2N2O5Si. The van der Waals surface area contributed by atoms with Gasteiger partial charge in [0.15, 0.2) is 5.78 Å². The van der Waals surface area contributed by atoms with Crippen LogP contribution in [0.3, 0.4) is 0 Å². The van der Waals surface area contributed by atoms with Gasteiger partial charge in [-0.25, -0.2) is 13.6 Å². The highest BCUT2D eigenvalue weighted by Crippen LogP contribution is 2.35. The van der Waals surface area contributed by atoms with Crippen molar-refractivity contribution in [3.8, 4) is 5.75 Å². The molecule has 0 saturated carbocycles. The van der Waals surface area contributed by atoms with E-state index in [0.29, 0.717) is 37.4 Å². The first-order chi connectivity index (χ1) is 17.9. The van der Waals surface area contributed by atoms with Gasteiger partial charge in [0.2, 0.25) is 0 Å². The van der Waals surface area contributed by atoms with Gasteiger partial charge in [-0.3, -0.25) is 9.59 Å². The second kappa shape index (κ2) is 10.8. The predicted octanol–water partition coefficient (Wildman–Crippen LogP) is 4.15. The van der Waals surface area contributed by atoms with Crippen molar-refractivity contribution in [2.45, 2.75) is 51.9 Å². The fourth-order valence-electron chi connectivity index (χ4n) is 5.44. The van der Waals surface area contributed by atoms with Crippen molar-refractivity contribution < 1.29 is 33.0 Å². The highest BCUT2D eigenvalue weighted by Gasteiger charge is 2.41. The summed E-state index contributed by atoms with van der Waals surface area (Å²) in [4.78, 5) is 41.2. The lowest BCUT2D eigenvalue weighted by atomic mass is 9.87. The van der Waals surface area contributed by atoms with Crippen LogP contribution < -0.4 is 9.92 Å². The summed E-state index contributed by atoms with van der Waals surface area (Å²) in [5, 5.41) is 9.13. The van der Waals surface area contributed by atoms with Gasteiger partial charge in [0.1, 0.15) is 23.4 Å². The molecule has 1 saturated heterocycles. The van der Waals surface area contributed by atoms with Crippen LogP contribution >= 0.6 is 0 Å². The standard InChI is InChI=1S/C28H34F2N2O5Si/c1-5-37-20-6-7-21-19(14-20)8-9-32(28(36)31-15-18(16-31)13-25(34)35)26(21)24(33)12-17-10-22(29)27(23(30)11-17)38(2,3)4/h6-7,10-11,14,18,26H,5,8-9,12-13,15-16H2,1-4H3,(H,34,35)/t26-/m1/s1. The molecule has 2 heterocycles. The number of Topliss-reactive ketones (excluding diaryl/α,β-unsaturated/α-hetero) is 1. The molecule has 0 unspecified atom stereocenters. The Morgan fingerprint density at radius 2 is 1.74 bits per heavy atom. The Morgan fingerprint density at radius 3 is 2.32 bits per heavy atom. The van der Waals surface area contributed by atoms with Crippen LogP contribution in [-0.2, 0) is 22.4 Å². The first-order valence-electron chi connectivity index (χ1n) is 12.9. The Labute approximate surface area is 222 Å². The lowest BCUT2D eigenvalue weighted by Crippen LogP contribution is -2.57. The quantitative estimate of drug-likeness (QED) is 0.505. The molecule has 2 aliphatic rings. The summed E-state index contributed by atoms with van der Waals surface area (Å²) in [6.45, 7) is 8.85. The topological polar surface area (TPSA) is 87.2 Å². The number of hydrogen-bond donors (Lipinski definition) is 1. The Bertz CT molecular complexity index is 1230. The summed E-state index contributed by atoms with van der Waals surface area (Å²) in [5.74, 6) is -1.99. The van der Waals surface area contributed by atoms with Crippen LogP contribution in [0.25, 0.3) is 0 Å². The van der Waals surface area contributed by atoms with E-state index >= 15 is 0 Å². The first-order valence-corrected chi connectivity index (χ1v) is 16.4. The van der Waals surface area contributed by atoms with Crippen LogP contribution in [0.2, 0.25) is 19.6 Å². The fourth-order valence-corrected chi connectivity index (χ4v) is 7.02. The van der Waals surface area contributed by atoms with E-state index in [1.165, 1.54) is 17.0 Å². The number of carbonyl (C=O) groups excluding carboxylic acids is 2. The molecule has 1 atom stereocenters. The van der Waals surface area contributed by atoms with E-state index in [1.807, 2.05) is 32.6 Å². The number of benzene rings is 2. The number of halogens is 2. The van der Waals surface area contributed by atoms with E-state index in [9.17, 15) is 23.2 Å². The van der Waals surface area contributed by atoms with Crippen LogP contribution in [0.4, 0.5) is 13.6 Å². The zero-order chi connectivity index (χ0) is 27.8. The second-order valence-electron chi connectivity index (χ2n) is 11.1. The van der Waals surface area contributed by atoms with E-state index in [2.05, 4.69) is 0 Å². The molecular weight excluding hydrogens is 510 g/mol. The van der Waals surface area contributed by atoms with Crippen molar-refractivity contribution in [3.63, 3.8) is 0 Å². The van der Waals surface area contributed by atoms with Gasteiger partial charge >= 0.3 is 12.0 Å². The van der Waals surface area contributed by atoms with Gasteiger partial charge in [0, 0.05) is 37.2 Å². The molecule has 1 N–H and O–H groups in total. The zero-order valence-electron chi connectivity index (χ0n) is 22.2. The Hall–Kier alpha value is -3.27. The molecule has 10 heteroatoms. The van der Waals surface area contributed by atoms with Crippen LogP contribution in [0.15, 0.2) is 30.3 Å². The third kappa shape index (κ3) is 5.74. The minimum absolute atomic E-state index is 0.0142. The van der Waals surface area contributed by atoms with Crippen molar-refractivity contribution in [2.75, 3.05) is 26.2 Å². The Morgan fingerprint density at radius 1 is 1.08 bits per heavy atom. The van der Waals surface area contributed by atoms with Crippen LogP contribution in [0.5, 0.6) is 5.75 Å². The lowest BCUT2D eigenvalue weighted by molar-refractivity contribution is -0.139. The van der Waals surface area contributed by atoms with Gasteiger partial charge in [0.25, 0.3) is 0 Å². The summed E-state index contributed by atoms with van der Waals surface area (Å²) in [5.41, 5.74) is 1.78. The van der Waals surface area contributed by atoms with Gasteiger partial charge < -0.3 is 19.6 Å². The number of carboxylic acid groups (broad SMARTS) is 1. The summed E-state index contributed by atoms with van der Waals surface area (Å²) in [7, 11) is -2.27. The molecule has 2 aromatic carbocycles. The number of nitrogens with zero attached hydrogens (tertiary/aromatic N) is 2. The molecule has 0 bridgehead atoms. The van der Waals surface area contributed by atoms with Crippen molar-refractivity contribution in [2.24, 2.45) is 5.92 Å². The molecule has 2 amide bonds. The van der Waals surface area contributed by atoms with Gasteiger partial charge in [-0.1, -0.05) is 25.7 Å². The third-order valence-corrected chi connectivity index (χ3v) is 9.10. The molecule has 2 aromatic rings. The monoisotopic (exact) mass is 544 g/mol. The minimum Gasteiger partial charge on any atom is -0.494 e. The van der Waals surface area contributed by atoms with Crippen molar-refractivity contribution in [1.82, 2.24) is 9.80 Å². The smallest absolute Gasteiger partial charge is 0.320 e. The number of urea groups is 1. The number of likely N-dealkylation sites (tertiary alicyclic amines) is 1. The highest BCUT2D eigenvalue weighted by molar-refractivity contribution is 6.88. The number of carboxylic acids is 1. The molecule has 0 radical (unpaired) electrons. The highest BCUT2D eigenvalue weighted by atomic mass is 28.3. The summed E-state index contributed by atoms with van der Waals surface area (Å²) in [6, 6.07) is 6.60. The van der Waals surface area contributed by atoms with Gasteiger partial charge in [-0.2, -0.15) is 0 Å². The predicted molar refractivity (Wildman–Crippen MR) is 142 cm³/mol. The number of amides is 2. The van der Waals surface area contributed by atoms with E-state index in [0.717, 1.165) is 5.56 Å². The molecule has 1 fully saturated rings. The Kier molecular flexibility index (Phi) is 7.92. The first kappa shape index (κ1) is 27.8. The maximum atomic E-state index is 14.9. The molecule has 7 nitrogen and oxygen atoms in total. The third-order valence-electron chi connectivity index (χ3n) is 7.13. The number of ketones is 1. The molecule has 0 aliphatic carbocycles. The number of carbonyl (C=O) groups is 3. The number of ether oxygens (including phenoxy) is 1. The second-order valence-corrected chi connectivity index (χ2v) is 16.1. The number of hydrogen-bond acceptors (Lipinski definition) is 4. The van der Waals surface area contributed by atoms with E-state index in [4.69, 9.17) is 9.84 Å². The number of aliphatic carboxylic acids is 1. The lowest BCUT2D eigenvalue weighted by Gasteiger charge is -2.45. The minimum atomic E-state index is -2.27. The molecule has 38 heavy (non-hydrogen) atoms. The van der Waals surface area contributed by atoms with E-state index in [1.54, 1.807) is 17.0 Å². The van der Waals surface area contributed by atoms with Crippen molar-refractivity contribution >= 4 is 31.0 Å². The number of fused-ring (bicyclic) bond motifs is 1. The summed E-state index contributed by atoms with van der Waals surface area (Å²) in [6.07, 6.45) is 0.272. The maximum absolute atomic E-state index is 14.9. The average molecular weight is 545 g/mol. The van der Waals surface area contributed by atoms with Gasteiger partial charge in [-0.05, 0) is 54.3 Å². The molecule has 4 rings (SSSR count). The van der Waals surface area contributed by atoms with Crippen LogP contribution in [-0.4, -0.2) is 67.0 Å². The normalized spacial score (nSPS) is 17.6. The number of rotatable bonds is 8. The molecule has 204 valence electrons. The SMILES string of the molecule is CCOc1ccc2c(c1)CCN(C(=O)N1CC(CC(=O)O)C1)[C@H]2C(=O)Cc1cc(F)c([Si](C)(C)C)c(F)c1. The van der Waals surface area contributed by atoms with Crippen molar-refractivity contribution in [3.05, 3.63) is 58.7 Å². The fraction of sp³-hybridized carbons (Fsp3) is 0.464. The zero-order valence-corrected chi connectivity index (χ0v) is 23.2. The molecule has 0 spiro atoms. The average Bonchev–Trinajstić information content (AvgIpc) is 2.78. The summed E-state index contributed by atoms with van der Waals surface area (Å²) >= 11 is 0.